The Morgan fingerprint density at radius 1 is 0.958 bits per heavy atom. The van der Waals surface area contributed by atoms with Crippen molar-refractivity contribution in [3.63, 3.8) is 0 Å². The number of halogens is 1. The van der Waals surface area contributed by atoms with Crippen molar-refractivity contribution < 1.29 is 13.4 Å². The third-order valence-electron chi connectivity index (χ3n) is 4.66. The van der Waals surface area contributed by atoms with Crippen LogP contribution in [0.3, 0.4) is 0 Å². The SMILES string of the molecule is Cc1cc[n+](C)c(-c2c(C)cc(C)c3c2oc2cc(F)ccc23)c1. The second-order valence-electron chi connectivity index (χ2n) is 6.53. The van der Waals surface area contributed by atoms with Crippen LogP contribution in [0.2, 0.25) is 0 Å². The number of pyridine rings is 1. The first-order chi connectivity index (χ1) is 11.5. The lowest BCUT2D eigenvalue weighted by molar-refractivity contribution is -0.660. The van der Waals surface area contributed by atoms with Crippen LogP contribution in [0.1, 0.15) is 16.7 Å². The molecule has 24 heavy (non-hydrogen) atoms. The Hall–Kier alpha value is -2.68. The van der Waals surface area contributed by atoms with Gasteiger partial charge in [0.25, 0.3) is 0 Å². The molecular weight excluding hydrogens is 301 g/mol. The Balaban J connectivity index is 2.20. The van der Waals surface area contributed by atoms with Gasteiger partial charge in [-0.25, -0.2) is 8.96 Å². The molecule has 0 unspecified atom stereocenters. The summed E-state index contributed by atoms with van der Waals surface area (Å²) in [6, 6.07) is 11.2. The first kappa shape index (κ1) is 14.9. The largest absolute Gasteiger partial charge is 0.455 e. The quantitative estimate of drug-likeness (QED) is 0.444. The molecular formula is C21H19FNO+. The predicted octanol–water partition coefficient (Wildman–Crippen LogP) is 5.14. The maximum Gasteiger partial charge on any atom is 0.216 e. The normalized spacial score (nSPS) is 11.5. The first-order valence-corrected chi connectivity index (χ1v) is 8.04. The van der Waals surface area contributed by atoms with Crippen molar-refractivity contribution in [2.75, 3.05) is 0 Å². The molecule has 3 heteroatoms. The molecule has 0 radical (unpaired) electrons. The van der Waals surface area contributed by atoms with E-state index in [1.807, 2.05) is 7.05 Å². The van der Waals surface area contributed by atoms with Crippen molar-refractivity contribution >= 4 is 21.9 Å². The Kier molecular flexibility index (Phi) is 3.20. The minimum Gasteiger partial charge on any atom is -0.455 e. The number of hydrogen-bond acceptors (Lipinski definition) is 1. The van der Waals surface area contributed by atoms with Gasteiger partial charge < -0.3 is 4.42 Å². The highest BCUT2D eigenvalue weighted by Crippen LogP contribution is 2.39. The Morgan fingerprint density at radius 2 is 1.75 bits per heavy atom. The van der Waals surface area contributed by atoms with E-state index in [4.69, 9.17) is 4.42 Å². The van der Waals surface area contributed by atoms with Crippen LogP contribution in [0.15, 0.2) is 47.0 Å². The van der Waals surface area contributed by atoms with Gasteiger partial charge in [-0.05, 0) is 49.6 Å². The molecule has 120 valence electrons. The highest BCUT2D eigenvalue weighted by molar-refractivity contribution is 6.11. The third-order valence-corrected chi connectivity index (χ3v) is 4.66. The van der Waals surface area contributed by atoms with Gasteiger partial charge in [-0.15, -0.1) is 0 Å². The molecule has 2 heterocycles. The fraction of sp³-hybridized carbons (Fsp3) is 0.190. The molecule has 4 rings (SSSR count). The number of nitrogens with zero attached hydrogens (tertiary/aromatic N) is 1. The molecule has 0 saturated heterocycles. The van der Waals surface area contributed by atoms with E-state index >= 15 is 0 Å². The summed E-state index contributed by atoms with van der Waals surface area (Å²) in [5.74, 6) is -0.279. The maximum absolute atomic E-state index is 13.6. The van der Waals surface area contributed by atoms with Gasteiger partial charge in [0.2, 0.25) is 5.69 Å². The molecule has 0 bridgehead atoms. The molecule has 0 aliphatic heterocycles. The van der Waals surface area contributed by atoms with Gasteiger partial charge in [-0.3, -0.25) is 0 Å². The number of aromatic nitrogens is 1. The van der Waals surface area contributed by atoms with Gasteiger partial charge in [0.15, 0.2) is 6.20 Å². The lowest BCUT2D eigenvalue weighted by Crippen LogP contribution is -2.30. The standard InChI is InChI=1S/C21H19FNO/c1-12-7-8-23(4)17(9-12)20-14(3)10-13(2)19-16-6-5-15(22)11-18(16)24-21(19)20/h5-11H,1-4H3/q+1. The van der Waals surface area contributed by atoms with E-state index < -0.39 is 0 Å². The van der Waals surface area contributed by atoms with Crippen LogP contribution in [0.25, 0.3) is 33.2 Å². The molecule has 4 aromatic rings. The van der Waals surface area contributed by atoms with Crippen molar-refractivity contribution in [2.24, 2.45) is 7.05 Å². The summed E-state index contributed by atoms with van der Waals surface area (Å²) >= 11 is 0. The van der Waals surface area contributed by atoms with E-state index in [2.05, 4.69) is 49.7 Å². The first-order valence-electron chi connectivity index (χ1n) is 8.04. The van der Waals surface area contributed by atoms with E-state index in [1.165, 1.54) is 17.7 Å². The van der Waals surface area contributed by atoms with Gasteiger partial charge in [0.05, 0.1) is 5.56 Å². The average molecular weight is 320 g/mol. The monoisotopic (exact) mass is 320 g/mol. The van der Waals surface area contributed by atoms with E-state index in [9.17, 15) is 4.39 Å². The van der Waals surface area contributed by atoms with Crippen molar-refractivity contribution in [2.45, 2.75) is 20.8 Å². The lowest BCUT2D eigenvalue weighted by Gasteiger charge is -2.08. The summed E-state index contributed by atoms with van der Waals surface area (Å²) in [5.41, 5.74) is 7.08. The van der Waals surface area contributed by atoms with Crippen LogP contribution in [-0.2, 0) is 7.05 Å². The van der Waals surface area contributed by atoms with Crippen LogP contribution < -0.4 is 4.57 Å². The molecule has 2 nitrogen and oxygen atoms in total. The van der Waals surface area contributed by atoms with Crippen molar-refractivity contribution in [3.05, 3.63) is 65.1 Å². The van der Waals surface area contributed by atoms with Crippen LogP contribution in [-0.4, -0.2) is 0 Å². The fourth-order valence-electron chi connectivity index (χ4n) is 3.53. The summed E-state index contributed by atoms with van der Waals surface area (Å²) in [4.78, 5) is 0. The second-order valence-corrected chi connectivity index (χ2v) is 6.53. The van der Waals surface area contributed by atoms with Gasteiger partial charge in [-0.2, -0.15) is 0 Å². The zero-order valence-corrected chi connectivity index (χ0v) is 14.3. The van der Waals surface area contributed by atoms with E-state index in [0.717, 1.165) is 38.7 Å². The molecule has 0 spiro atoms. The van der Waals surface area contributed by atoms with Crippen molar-refractivity contribution in [3.8, 4) is 11.3 Å². The summed E-state index contributed by atoms with van der Waals surface area (Å²) in [5, 5.41) is 2.02. The third kappa shape index (κ3) is 2.12. The number of fused-ring (bicyclic) bond motifs is 3. The molecule has 0 N–H and O–H groups in total. The summed E-state index contributed by atoms with van der Waals surface area (Å²) < 4.78 is 21.8. The van der Waals surface area contributed by atoms with Crippen LogP contribution in [0.5, 0.6) is 0 Å². The van der Waals surface area contributed by atoms with Crippen LogP contribution in [0, 0.1) is 26.6 Å². The molecule has 0 aliphatic carbocycles. The highest BCUT2D eigenvalue weighted by atomic mass is 19.1. The van der Waals surface area contributed by atoms with Crippen molar-refractivity contribution in [1.82, 2.24) is 0 Å². The Morgan fingerprint density at radius 3 is 2.54 bits per heavy atom. The number of aryl methyl sites for hydroxylation is 4. The Bertz CT molecular complexity index is 1110. The molecule has 2 aromatic heterocycles. The molecule has 0 aliphatic rings. The van der Waals surface area contributed by atoms with Crippen molar-refractivity contribution in [1.29, 1.82) is 0 Å². The van der Waals surface area contributed by atoms with Gasteiger partial charge >= 0.3 is 0 Å². The lowest BCUT2D eigenvalue weighted by atomic mass is 9.96. The summed E-state index contributed by atoms with van der Waals surface area (Å²) in [6.07, 6.45) is 2.05. The predicted molar refractivity (Wildman–Crippen MR) is 94.5 cm³/mol. The van der Waals surface area contributed by atoms with Gasteiger partial charge in [-0.1, -0.05) is 6.07 Å². The minimum atomic E-state index is -0.279. The fourth-order valence-corrected chi connectivity index (χ4v) is 3.53. The molecule has 0 amide bonds. The topological polar surface area (TPSA) is 17.0 Å². The number of hydrogen-bond donors (Lipinski definition) is 0. The van der Waals surface area contributed by atoms with E-state index in [-0.39, 0.29) is 5.82 Å². The minimum absolute atomic E-state index is 0.279. The number of rotatable bonds is 1. The molecule has 0 fully saturated rings. The smallest absolute Gasteiger partial charge is 0.216 e. The zero-order valence-electron chi connectivity index (χ0n) is 14.3. The highest BCUT2D eigenvalue weighted by Gasteiger charge is 2.22. The van der Waals surface area contributed by atoms with Crippen LogP contribution >= 0.6 is 0 Å². The zero-order chi connectivity index (χ0) is 17.0. The Labute approximate surface area is 140 Å². The number of furan rings is 1. The van der Waals surface area contributed by atoms with E-state index in [1.54, 1.807) is 6.07 Å². The van der Waals surface area contributed by atoms with E-state index in [0.29, 0.717) is 5.58 Å². The summed E-state index contributed by atoms with van der Waals surface area (Å²) in [6.45, 7) is 6.25. The summed E-state index contributed by atoms with van der Waals surface area (Å²) in [7, 11) is 2.03. The second kappa shape index (κ2) is 5.17. The average Bonchev–Trinajstić information content (AvgIpc) is 2.89. The van der Waals surface area contributed by atoms with Gasteiger partial charge in [0, 0.05) is 29.0 Å². The van der Waals surface area contributed by atoms with Gasteiger partial charge in [0.1, 0.15) is 24.0 Å². The molecule has 0 saturated carbocycles. The molecule has 0 atom stereocenters. The van der Waals surface area contributed by atoms with Crippen LogP contribution in [0.4, 0.5) is 4.39 Å². The molecule has 2 aromatic carbocycles. The number of benzene rings is 2. The maximum atomic E-state index is 13.6.